The standard InChI is InChI=1S/C14H26N4O2S/c1-9(11(19)17-14(2,3)4)15-8-10-12(20-7)16-13(21-10)18(5)6/h9,15H,8H2,1-7H3,(H,17,19). The third kappa shape index (κ3) is 5.51. The monoisotopic (exact) mass is 314 g/mol. The molecule has 0 saturated heterocycles. The Morgan fingerprint density at radius 2 is 2.05 bits per heavy atom. The summed E-state index contributed by atoms with van der Waals surface area (Å²) >= 11 is 1.55. The number of aromatic nitrogens is 1. The zero-order valence-corrected chi connectivity index (χ0v) is 14.7. The molecule has 0 aliphatic heterocycles. The van der Waals surface area contributed by atoms with Crippen LogP contribution in [0.4, 0.5) is 5.13 Å². The van der Waals surface area contributed by atoms with E-state index >= 15 is 0 Å². The van der Waals surface area contributed by atoms with Crippen molar-refractivity contribution in [3.05, 3.63) is 4.88 Å². The van der Waals surface area contributed by atoms with Crippen molar-refractivity contribution in [2.75, 3.05) is 26.1 Å². The molecule has 0 saturated carbocycles. The molecule has 1 atom stereocenters. The van der Waals surface area contributed by atoms with E-state index in [0.29, 0.717) is 12.4 Å². The van der Waals surface area contributed by atoms with Gasteiger partial charge >= 0.3 is 0 Å². The average molecular weight is 314 g/mol. The molecule has 1 aromatic rings. The molecule has 7 heteroatoms. The van der Waals surface area contributed by atoms with Gasteiger partial charge < -0.3 is 20.3 Å². The maximum absolute atomic E-state index is 12.0. The Bertz CT molecular complexity index is 480. The quantitative estimate of drug-likeness (QED) is 0.835. The Kier molecular flexibility index (Phi) is 5.98. The molecule has 1 rings (SSSR count). The predicted octanol–water partition coefficient (Wildman–Crippen LogP) is 1.61. The summed E-state index contributed by atoms with van der Waals surface area (Å²) in [7, 11) is 5.48. The minimum Gasteiger partial charge on any atom is -0.480 e. The third-order valence-electron chi connectivity index (χ3n) is 2.69. The second kappa shape index (κ2) is 7.09. The lowest BCUT2D eigenvalue weighted by Gasteiger charge is -2.23. The molecule has 1 heterocycles. The van der Waals surface area contributed by atoms with E-state index in [4.69, 9.17) is 4.74 Å². The summed E-state index contributed by atoms with van der Waals surface area (Å²) in [5.41, 5.74) is -0.229. The number of thiazole rings is 1. The van der Waals surface area contributed by atoms with Crippen LogP contribution in [-0.2, 0) is 11.3 Å². The van der Waals surface area contributed by atoms with Crippen LogP contribution < -0.4 is 20.3 Å². The summed E-state index contributed by atoms with van der Waals surface area (Å²) in [6.45, 7) is 8.29. The summed E-state index contributed by atoms with van der Waals surface area (Å²) < 4.78 is 5.28. The van der Waals surface area contributed by atoms with Crippen LogP contribution in [0.2, 0.25) is 0 Å². The number of hydrogen-bond donors (Lipinski definition) is 2. The number of carbonyl (C=O) groups excluding carboxylic acids is 1. The molecule has 0 spiro atoms. The fourth-order valence-electron chi connectivity index (χ4n) is 1.60. The number of nitrogens with one attached hydrogen (secondary N) is 2. The van der Waals surface area contributed by atoms with E-state index in [-0.39, 0.29) is 17.5 Å². The van der Waals surface area contributed by atoms with Gasteiger partial charge in [0.2, 0.25) is 11.8 Å². The van der Waals surface area contributed by atoms with Gasteiger partial charge in [-0.1, -0.05) is 11.3 Å². The van der Waals surface area contributed by atoms with Gasteiger partial charge in [0.15, 0.2) is 5.13 Å². The third-order valence-corrected chi connectivity index (χ3v) is 3.89. The topological polar surface area (TPSA) is 66.5 Å². The van der Waals surface area contributed by atoms with Crippen molar-refractivity contribution in [3.63, 3.8) is 0 Å². The highest BCUT2D eigenvalue weighted by molar-refractivity contribution is 7.15. The Morgan fingerprint density at radius 3 is 2.52 bits per heavy atom. The zero-order chi connectivity index (χ0) is 16.2. The van der Waals surface area contributed by atoms with Gasteiger partial charge in [0.25, 0.3) is 0 Å². The smallest absolute Gasteiger partial charge is 0.237 e. The molecule has 6 nitrogen and oxygen atoms in total. The van der Waals surface area contributed by atoms with Crippen molar-refractivity contribution < 1.29 is 9.53 Å². The largest absolute Gasteiger partial charge is 0.480 e. The van der Waals surface area contributed by atoms with E-state index in [1.54, 1.807) is 18.4 Å². The van der Waals surface area contributed by atoms with Crippen molar-refractivity contribution in [2.24, 2.45) is 0 Å². The second-order valence-electron chi connectivity index (χ2n) is 6.17. The number of nitrogens with zero attached hydrogens (tertiary/aromatic N) is 2. The van der Waals surface area contributed by atoms with Gasteiger partial charge in [-0.05, 0) is 27.7 Å². The lowest BCUT2D eigenvalue weighted by atomic mass is 10.1. The molecule has 1 aromatic heterocycles. The number of hydrogen-bond acceptors (Lipinski definition) is 6. The first-order valence-corrected chi connectivity index (χ1v) is 7.72. The number of ether oxygens (including phenoxy) is 1. The number of rotatable bonds is 6. The van der Waals surface area contributed by atoms with E-state index in [9.17, 15) is 4.79 Å². The molecule has 120 valence electrons. The Labute approximate surface area is 130 Å². The van der Waals surface area contributed by atoms with Gasteiger partial charge in [-0.3, -0.25) is 4.79 Å². The molecule has 0 bridgehead atoms. The molecule has 0 aliphatic carbocycles. The molecule has 0 fully saturated rings. The number of amides is 1. The summed E-state index contributed by atoms with van der Waals surface area (Å²) in [4.78, 5) is 19.3. The zero-order valence-electron chi connectivity index (χ0n) is 13.9. The van der Waals surface area contributed by atoms with Gasteiger partial charge in [0.1, 0.15) is 0 Å². The molecule has 1 amide bonds. The van der Waals surface area contributed by atoms with Crippen LogP contribution in [0.5, 0.6) is 5.88 Å². The molecule has 0 aliphatic rings. The average Bonchev–Trinajstić information content (AvgIpc) is 2.77. The summed E-state index contributed by atoms with van der Waals surface area (Å²) in [6.07, 6.45) is 0. The lowest BCUT2D eigenvalue weighted by molar-refractivity contribution is -0.124. The van der Waals surface area contributed by atoms with Gasteiger partial charge in [-0.25, -0.2) is 0 Å². The van der Waals surface area contributed by atoms with Crippen LogP contribution in [0.15, 0.2) is 0 Å². The highest BCUT2D eigenvalue weighted by atomic mass is 32.1. The molecular weight excluding hydrogens is 288 g/mol. The van der Waals surface area contributed by atoms with E-state index in [1.165, 1.54) is 0 Å². The Hall–Kier alpha value is -1.34. The van der Waals surface area contributed by atoms with E-state index in [1.807, 2.05) is 46.7 Å². The summed E-state index contributed by atoms with van der Waals surface area (Å²) in [6, 6.07) is -0.279. The van der Waals surface area contributed by atoms with Crippen molar-refractivity contribution in [3.8, 4) is 5.88 Å². The fraction of sp³-hybridized carbons (Fsp3) is 0.714. The van der Waals surface area contributed by atoms with E-state index in [2.05, 4.69) is 15.6 Å². The van der Waals surface area contributed by atoms with Crippen LogP contribution in [0.3, 0.4) is 0 Å². The predicted molar refractivity (Wildman–Crippen MR) is 87.2 cm³/mol. The fourth-order valence-corrected chi connectivity index (χ4v) is 2.51. The first kappa shape index (κ1) is 17.7. The van der Waals surface area contributed by atoms with Gasteiger partial charge in [0, 0.05) is 26.2 Å². The van der Waals surface area contributed by atoms with Crippen LogP contribution in [0.25, 0.3) is 0 Å². The highest BCUT2D eigenvalue weighted by Gasteiger charge is 2.20. The molecule has 0 aromatic carbocycles. The summed E-state index contributed by atoms with van der Waals surface area (Å²) in [5.74, 6) is 0.596. The van der Waals surface area contributed by atoms with Crippen molar-refractivity contribution in [1.82, 2.24) is 15.6 Å². The van der Waals surface area contributed by atoms with Crippen LogP contribution >= 0.6 is 11.3 Å². The van der Waals surface area contributed by atoms with Gasteiger partial charge in [0.05, 0.1) is 18.0 Å². The number of carbonyl (C=O) groups is 1. The minimum atomic E-state index is -0.279. The normalized spacial score (nSPS) is 12.9. The number of anilines is 1. The Morgan fingerprint density at radius 1 is 1.43 bits per heavy atom. The lowest BCUT2D eigenvalue weighted by Crippen LogP contribution is -2.49. The minimum absolute atomic E-state index is 0.0150. The van der Waals surface area contributed by atoms with Crippen LogP contribution in [0, 0.1) is 0 Å². The first-order chi connectivity index (χ1) is 9.64. The van der Waals surface area contributed by atoms with Gasteiger partial charge in [-0.15, -0.1) is 0 Å². The molecule has 2 N–H and O–H groups in total. The second-order valence-corrected chi connectivity index (χ2v) is 7.23. The van der Waals surface area contributed by atoms with E-state index in [0.717, 1.165) is 10.0 Å². The van der Waals surface area contributed by atoms with Crippen LogP contribution in [0.1, 0.15) is 32.6 Å². The molecule has 21 heavy (non-hydrogen) atoms. The Balaban J connectivity index is 2.64. The maximum atomic E-state index is 12.0. The van der Waals surface area contributed by atoms with E-state index < -0.39 is 0 Å². The van der Waals surface area contributed by atoms with Crippen molar-refractivity contribution in [2.45, 2.75) is 45.8 Å². The summed E-state index contributed by atoms with van der Waals surface area (Å²) in [5, 5.41) is 7.05. The maximum Gasteiger partial charge on any atom is 0.237 e. The first-order valence-electron chi connectivity index (χ1n) is 6.90. The molecule has 0 radical (unpaired) electrons. The van der Waals surface area contributed by atoms with Crippen molar-refractivity contribution >= 4 is 22.4 Å². The molecule has 1 unspecified atom stereocenters. The van der Waals surface area contributed by atoms with Gasteiger partial charge in [-0.2, -0.15) is 4.98 Å². The highest BCUT2D eigenvalue weighted by Crippen LogP contribution is 2.30. The van der Waals surface area contributed by atoms with Crippen molar-refractivity contribution in [1.29, 1.82) is 0 Å². The SMILES string of the molecule is COc1nc(N(C)C)sc1CNC(C)C(=O)NC(C)(C)C. The van der Waals surface area contributed by atoms with Crippen LogP contribution in [-0.4, -0.2) is 43.7 Å². The number of methoxy groups -OCH3 is 1. The molecular formula is C14H26N4O2S.